The molecular formula is C20H22N2O4S. The average molecular weight is 386 g/mol. The molecule has 0 bridgehead atoms. The highest BCUT2D eigenvalue weighted by Gasteiger charge is 2.28. The van der Waals surface area contributed by atoms with Gasteiger partial charge in [0.1, 0.15) is 10.7 Å². The largest absolute Gasteiger partial charge is 0.455 e. The first-order valence-electron chi connectivity index (χ1n) is 9.00. The maximum absolute atomic E-state index is 12.7. The fourth-order valence-electron chi connectivity index (χ4n) is 3.84. The lowest BCUT2D eigenvalue weighted by atomic mass is 9.89. The van der Waals surface area contributed by atoms with Crippen LogP contribution < -0.4 is 0 Å². The van der Waals surface area contributed by atoms with Crippen molar-refractivity contribution in [2.45, 2.75) is 30.6 Å². The second-order valence-electron chi connectivity index (χ2n) is 7.19. The van der Waals surface area contributed by atoms with Gasteiger partial charge in [0, 0.05) is 37.1 Å². The summed E-state index contributed by atoms with van der Waals surface area (Å²) in [5, 5.41) is 1.20. The average Bonchev–Trinajstić information content (AvgIpc) is 3.26. The maximum atomic E-state index is 12.7. The smallest absolute Gasteiger partial charge is 0.289 e. The van der Waals surface area contributed by atoms with Crippen molar-refractivity contribution >= 4 is 26.6 Å². The molecule has 4 rings (SSSR count). The molecule has 0 radical (unpaired) electrons. The van der Waals surface area contributed by atoms with E-state index in [1.165, 1.54) is 17.0 Å². The summed E-state index contributed by atoms with van der Waals surface area (Å²) in [6.07, 6.45) is 4.80. The number of aromatic nitrogens is 1. The maximum Gasteiger partial charge on any atom is 0.289 e. The number of rotatable bonds is 3. The number of aryl methyl sites for hydroxylation is 1. The highest BCUT2D eigenvalue weighted by molar-refractivity contribution is 7.90. The van der Waals surface area contributed by atoms with Gasteiger partial charge in [-0.05, 0) is 54.8 Å². The molecule has 1 aromatic carbocycles. The van der Waals surface area contributed by atoms with Gasteiger partial charge >= 0.3 is 0 Å². The van der Waals surface area contributed by atoms with Crippen LogP contribution in [0.5, 0.6) is 0 Å². The van der Waals surface area contributed by atoms with Crippen molar-refractivity contribution in [1.82, 2.24) is 9.88 Å². The van der Waals surface area contributed by atoms with E-state index in [-0.39, 0.29) is 22.3 Å². The van der Waals surface area contributed by atoms with Gasteiger partial charge in [-0.25, -0.2) is 8.42 Å². The molecule has 3 heterocycles. The van der Waals surface area contributed by atoms with Crippen LogP contribution in [0.2, 0.25) is 0 Å². The Kier molecular flexibility index (Phi) is 4.34. The zero-order valence-electron chi connectivity index (χ0n) is 15.4. The summed E-state index contributed by atoms with van der Waals surface area (Å²) >= 11 is 0. The molecule has 27 heavy (non-hydrogen) atoms. The van der Waals surface area contributed by atoms with Gasteiger partial charge in [-0.1, -0.05) is 6.07 Å². The van der Waals surface area contributed by atoms with Crippen LogP contribution in [0.25, 0.3) is 10.9 Å². The Bertz CT molecular complexity index is 1100. The number of sulfone groups is 1. The number of likely N-dealkylation sites (tertiary alicyclic amines) is 1. The third-order valence-electron chi connectivity index (χ3n) is 5.31. The van der Waals surface area contributed by atoms with E-state index in [1.807, 2.05) is 6.20 Å². The molecule has 0 spiro atoms. The summed E-state index contributed by atoms with van der Waals surface area (Å²) in [6.45, 7) is 2.82. The van der Waals surface area contributed by atoms with Crippen LogP contribution in [0.15, 0.2) is 45.8 Å². The van der Waals surface area contributed by atoms with Gasteiger partial charge < -0.3 is 14.3 Å². The van der Waals surface area contributed by atoms with Crippen molar-refractivity contribution in [1.29, 1.82) is 0 Å². The van der Waals surface area contributed by atoms with Crippen molar-refractivity contribution in [2.24, 2.45) is 0 Å². The first-order chi connectivity index (χ1) is 12.8. The highest BCUT2D eigenvalue weighted by Crippen LogP contribution is 2.31. The number of benzene rings is 1. The number of hydrogen-bond acceptors (Lipinski definition) is 4. The van der Waals surface area contributed by atoms with Gasteiger partial charge in [0.25, 0.3) is 5.91 Å². The number of amides is 1. The molecule has 142 valence electrons. The fourth-order valence-corrected chi connectivity index (χ4v) is 4.72. The third kappa shape index (κ3) is 3.39. The highest BCUT2D eigenvalue weighted by atomic mass is 32.2. The molecule has 0 unspecified atom stereocenters. The molecule has 0 saturated carbocycles. The number of nitrogens with zero attached hydrogens (tertiary/aromatic N) is 1. The second-order valence-corrected chi connectivity index (χ2v) is 9.18. The number of carbonyl (C=O) groups is 1. The van der Waals surface area contributed by atoms with Gasteiger partial charge in [0.05, 0.1) is 0 Å². The number of fused-ring (bicyclic) bond motifs is 1. The zero-order valence-corrected chi connectivity index (χ0v) is 16.2. The molecule has 1 saturated heterocycles. The Labute approximate surface area is 158 Å². The predicted molar refractivity (Wildman–Crippen MR) is 103 cm³/mol. The summed E-state index contributed by atoms with van der Waals surface area (Å²) in [4.78, 5) is 17.7. The van der Waals surface area contributed by atoms with Crippen LogP contribution in [0.1, 0.15) is 40.6 Å². The van der Waals surface area contributed by atoms with Crippen LogP contribution >= 0.6 is 0 Å². The number of H-pyrrole nitrogens is 1. The van der Waals surface area contributed by atoms with E-state index >= 15 is 0 Å². The summed E-state index contributed by atoms with van der Waals surface area (Å²) < 4.78 is 28.9. The number of aromatic amines is 1. The fraction of sp³-hybridized carbons (Fsp3) is 0.350. The number of hydrogen-bond donors (Lipinski definition) is 1. The number of carbonyl (C=O) groups excluding carboxylic acids is 1. The standard InChI is InChI=1S/C20H22N2O4S/c1-13-19(27(2,24)25)12-18(26-13)20(23)22-9-6-14(7-10-22)15-3-4-17-16(11-15)5-8-21-17/h3-5,8,11-12,14,21H,6-7,9-10H2,1-2H3. The molecule has 1 N–H and O–H groups in total. The lowest BCUT2D eigenvalue weighted by Crippen LogP contribution is -2.37. The van der Waals surface area contributed by atoms with Crippen LogP contribution in [0.4, 0.5) is 0 Å². The molecule has 1 aliphatic rings. The summed E-state index contributed by atoms with van der Waals surface area (Å²) in [5.41, 5.74) is 2.42. The van der Waals surface area contributed by atoms with Gasteiger partial charge in [-0.15, -0.1) is 0 Å². The van der Waals surface area contributed by atoms with Crippen molar-refractivity contribution in [3.8, 4) is 0 Å². The van der Waals surface area contributed by atoms with Crippen molar-refractivity contribution < 1.29 is 17.6 Å². The Morgan fingerprint density at radius 2 is 1.93 bits per heavy atom. The van der Waals surface area contributed by atoms with E-state index in [1.54, 1.807) is 11.8 Å². The summed E-state index contributed by atoms with van der Waals surface area (Å²) in [7, 11) is -3.40. The van der Waals surface area contributed by atoms with Crippen LogP contribution in [-0.4, -0.2) is 43.6 Å². The van der Waals surface area contributed by atoms with Crippen molar-refractivity contribution in [2.75, 3.05) is 19.3 Å². The molecule has 6 nitrogen and oxygen atoms in total. The van der Waals surface area contributed by atoms with Crippen LogP contribution in [0.3, 0.4) is 0 Å². The van der Waals surface area contributed by atoms with Gasteiger partial charge in [0.15, 0.2) is 15.6 Å². The topological polar surface area (TPSA) is 83.4 Å². The normalized spacial score (nSPS) is 16.1. The predicted octanol–water partition coefficient (Wildman–Crippen LogP) is 3.49. The Morgan fingerprint density at radius 3 is 2.59 bits per heavy atom. The van der Waals surface area contributed by atoms with Crippen molar-refractivity contribution in [3.05, 3.63) is 53.6 Å². The van der Waals surface area contributed by atoms with Crippen LogP contribution in [0, 0.1) is 6.92 Å². The van der Waals surface area contributed by atoms with Crippen molar-refractivity contribution in [3.63, 3.8) is 0 Å². The summed E-state index contributed by atoms with van der Waals surface area (Å²) in [5.74, 6) is 0.529. The van der Waals surface area contributed by atoms with E-state index in [4.69, 9.17) is 4.42 Å². The quantitative estimate of drug-likeness (QED) is 0.747. The van der Waals surface area contributed by atoms with E-state index in [0.29, 0.717) is 19.0 Å². The molecule has 0 atom stereocenters. The van der Waals surface area contributed by atoms with E-state index in [2.05, 4.69) is 29.2 Å². The van der Waals surface area contributed by atoms with Gasteiger partial charge in [0.2, 0.25) is 0 Å². The first-order valence-corrected chi connectivity index (χ1v) is 10.9. The first kappa shape index (κ1) is 17.9. The van der Waals surface area contributed by atoms with Crippen LogP contribution in [-0.2, 0) is 9.84 Å². The SMILES string of the molecule is Cc1oc(C(=O)N2CCC(c3ccc4[nH]ccc4c3)CC2)cc1S(C)(=O)=O. The van der Waals surface area contributed by atoms with Gasteiger partial charge in [-0.2, -0.15) is 0 Å². The van der Waals surface area contributed by atoms with E-state index in [0.717, 1.165) is 24.6 Å². The summed E-state index contributed by atoms with van der Waals surface area (Å²) in [6, 6.07) is 9.87. The molecule has 1 amide bonds. The molecule has 0 aliphatic carbocycles. The molecule has 3 aromatic rings. The second kappa shape index (κ2) is 6.56. The Morgan fingerprint density at radius 1 is 1.19 bits per heavy atom. The molecule has 7 heteroatoms. The number of piperidine rings is 1. The number of furan rings is 1. The monoisotopic (exact) mass is 386 g/mol. The number of nitrogens with one attached hydrogen (secondary N) is 1. The lowest BCUT2D eigenvalue weighted by Gasteiger charge is -2.31. The minimum absolute atomic E-state index is 0.0838. The third-order valence-corrected chi connectivity index (χ3v) is 6.52. The Balaban J connectivity index is 1.46. The minimum Gasteiger partial charge on any atom is -0.455 e. The van der Waals surface area contributed by atoms with E-state index < -0.39 is 9.84 Å². The zero-order chi connectivity index (χ0) is 19.2. The molecule has 1 aliphatic heterocycles. The molecule has 1 fully saturated rings. The molecule has 2 aromatic heterocycles. The molecular weight excluding hydrogens is 364 g/mol. The van der Waals surface area contributed by atoms with Gasteiger partial charge in [-0.3, -0.25) is 4.79 Å². The Hall–Kier alpha value is -2.54. The minimum atomic E-state index is -3.40. The lowest BCUT2D eigenvalue weighted by molar-refractivity contribution is 0.0679. The van der Waals surface area contributed by atoms with E-state index in [9.17, 15) is 13.2 Å².